The van der Waals surface area contributed by atoms with Crippen LogP contribution >= 0.6 is 0 Å². The smallest absolute Gasteiger partial charge is 0.281 e. The molecule has 3 heterocycles. The number of nitrogens with zero attached hydrogens (tertiary/aromatic N) is 4. The van der Waals surface area contributed by atoms with Crippen LogP contribution in [0.5, 0.6) is 0 Å². The summed E-state index contributed by atoms with van der Waals surface area (Å²) >= 11 is 0. The van der Waals surface area contributed by atoms with E-state index in [1.54, 1.807) is 17.1 Å². The molecular formula is C11H13N5O. The molecule has 0 bridgehead atoms. The molecule has 0 unspecified atom stereocenters. The molecule has 1 atom stereocenters. The van der Waals surface area contributed by atoms with E-state index >= 15 is 0 Å². The fourth-order valence-corrected chi connectivity index (χ4v) is 2.20. The molecule has 0 saturated carbocycles. The highest BCUT2D eigenvalue weighted by Crippen LogP contribution is 2.14. The lowest BCUT2D eigenvalue weighted by Gasteiger charge is -2.24. The average Bonchev–Trinajstić information content (AvgIpc) is 2.40. The largest absolute Gasteiger partial charge is 0.315 e. The first-order chi connectivity index (χ1) is 8.36. The van der Waals surface area contributed by atoms with Crippen molar-refractivity contribution in [1.29, 1.82) is 0 Å². The van der Waals surface area contributed by atoms with Crippen molar-refractivity contribution < 1.29 is 0 Å². The number of fused-ring (bicyclic) bond motifs is 1. The van der Waals surface area contributed by atoms with Gasteiger partial charge in [0.05, 0.1) is 6.04 Å². The number of rotatable bonds is 1. The molecule has 1 fully saturated rings. The Labute approximate surface area is 97.7 Å². The maximum absolute atomic E-state index is 12.2. The zero-order valence-electron chi connectivity index (χ0n) is 9.33. The summed E-state index contributed by atoms with van der Waals surface area (Å²) in [5.74, 6) is 0. The fourth-order valence-electron chi connectivity index (χ4n) is 2.20. The molecule has 6 nitrogen and oxygen atoms in total. The molecule has 0 amide bonds. The molecule has 1 saturated heterocycles. The third kappa shape index (κ3) is 1.80. The Hall–Kier alpha value is -1.82. The van der Waals surface area contributed by atoms with E-state index < -0.39 is 0 Å². The van der Waals surface area contributed by atoms with Crippen LogP contribution in [0, 0.1) is 0 Å². The fraction of sp³-hybridized carbons (Fsp3) is 0.455. The Morgan fingerprint density at radius 2 is 2.18 bits per heavy atom. The highest BCUT2D eigenvalue weighted by molar-refractivity contribution is 5.66. The molecular weight excluding hydrogens is 218 g/mol. The van der Waals surface area contributed by atoms with Crippen LogP contribution in [0.4, 0.5) is 0 Å². The van der Waals surface area contributed by atoms with Gasteiger partial charge in [0.25, 0.3) is 5.56 Å². The number of hydrogen-bond acceptors (Lipinski definition) is 5. The molecule has 1 aliphatic heterocycles. The predicted octanol–water partition coefficient (Wildman–Crippen LogP) is 0.111. The number of nitrogens with one attached hydrogen (secondary N) is 1. The minimum atomic E-state index is -0.100. The van der Waals surface area contributed by atoms with Gasteiger partial charge in [-0.1, -0.05) is 0 Å². The first-order valence-electron chi connectivity index (χ1n) is 5.75. The molecule has 2 aromatic rings. The van der Waals surface area contributed by atoms with Crippen molar-refractivity contribution in [2.24, 2.45) is 0 Å². The SMILES string of the molecule is O=c1c2nccnc2ncn1[C@@H]1CCCNC1. The number of aromatic nitrogens is 4. The van der Waals surface area contributed by atoms with E-state index in [0.717, 1.165) is 25.9 Å². The molecule has 1 N–H and O–H groups in total. The maximum atomic E-state index is 12.2. The third-order valence-corrected chi connectivity index (χ3v) is 3.08. The average molecular weight is 231 g/mol. The summed E-state index contributed by atoms with van der Waals surface area (Å²) in [5.41, 5.74) is 0.662. The van der Waals surface area contributed by atoms with Crippen LogP contribution in [0.25, 0.3) is 11.2 Å². The van der Waals surface area contributed by atoms with Crippen molar-refractivity contribution in [2.75, 3.05) is 13.1 Å². The van der Waals surface area contributed by atoms with E-state index in [0.29, 0.717) is 11.2 Å². The van der Waals surface area contributed by atoms with Gasteiger partial charge in [0.2, 0.25) is 0 Å². The summed E-state index contributed by atoms with van der Waals surface area (Å²) in [6.45, 7) is 1.83. The van der Waals surface area contributed by atoms with Crippen LogP contribution in [-0.2, 0) is 0 Å². The minimum absolute atomic E-state index is 0.100. The zero-order chi connectivity index (χ0) is 11.7. The van der Waals surface area contributed by atoms with E-state index in [4.69, 9.17) is 0 Å². The Morgan fingerprint density at radius 1 is 1.29 bits per heavy atom. The van der Waals surface area contributed by atoms with E-state index in [1.165, 1.54) is 6.20 Å². The van der Waals surface area contributed by atoms with Crippen LogP contribution in [0.1, 0.15) is 18.9 Å². The first-order valence-corrected chi connectivity index (χ1v) is 5.75. The molecule has 3 rings (SSSR count). The lowest BCUT2D eigenvalue weighted by molar-refractivity contribution is 0.362. The van der Waals surface area contributed by atoms with Crippen molar-refractivity contribution >= 4 is 11.2 Å². The zero-order valence-corrected chi connectivity index (χ0v) is 9.33. The normalized spacial score (nSPS) is 20.6. The minimum Gasteiger partial charge on any atom is -0.315 e. The van der Waals surface area contributed by atoms with Crippen molar-refractivity contribution in [3.05, 3.63) is 29.1 Å². The topological polar surface area (TPSA) is 72.7 Å². The summed E-state index contributed by atoms with van der Waals surface area (Å²) in [5, 5.41) is 3.29. The summed E-state index contributed by atoms with van der Waals surface area (Å²) in [4.78, 5) is 24.5. The van der Waals surface area contributed by atoms with Gasteiger partial charge in [0, 0.05) is 18.9 Å². The standard InChI is InChI=1S/C11H13N5O/c17-11-9-10(14-5-4-13-9)15-7-16(11)8-2-1-3-12-6-8/h4-5,7-8,12H,1-3,6H2/t8-/m1/s1. The van der Waals surface area contributed by atoms with E-state index in [-0.39, 0.29) is 11.6 Å². The van der Waals surface area contributed by atoms with Gasteiger partial charge in [-0.2, -0.15) is 0 Å². The van der Waals surface area contributed by atoms with E-state index in [2.05, 4.69) is 20.3 Å². The van der Waals surface area contributed by atoms with Crippen LogP contribution in [0.15, 0.2) is 23.5 Å². The van der Waals surface area contributed by atoms with Crippen molar-refractivity contribution in [2.45, 2.75) is 18.9 Å². The second kappa shape index (κ2) is 4.21. The third-order valence-electron chi connectivity index (χ3n) is 3.08. The number of hydrogen-bond donors (Lipinski definition) is 1. The number of piperidine rings is 1. The lowest BCUT2D eigenvalue weighted by atomic mass is 10.1. The molecule has 2 aromatic heterocycles. The maximum Gasteiger partial charge on any atom is 0.281 e. The highest BCUT2D eigenvalue weighted by atomic mass is 16.1. The summed E-state index contributed by atoms with van der Waals surface area (Å²) in [6, 6.07) is 0.176. The monoisotopic (exact) mass is 231 g/mol. The van der Waals surface area contributed by atoms with Gasteiger partial charge in [-0.3, -0.25) is 9.36 Å². The second-order valence-electron chi connectivity index (χ2n) is 4.19. The van der Waals surface area contributed by atoms with Crippen molar-refractivity contribution in [3.63, 3.8) is 0 Å². The molecule has 0 spiro atoms. The first kappa shape index (κ1) is 10.3. The van der Waals surface area contributed by atoms with Gasteiger partial charge in [-0.05, 0) is 19.4 Å². The van der Waals surface area contributed by atoms with Gasteiger partial charge >= 0.3 is 0 Å². The summed E-state index contributed by atoms with van der Waals surface area (Å²) in [7, 11) is 0. The van der Waals surface area contributed by atoms with Gasteiger partial charge in [-0.15, -0.1) is 0 Å². The Kier molecular flexibility index (Phi) is 2.56. The molecule has 6 heteroatoms. The summed E-state index contributed by atoms with van der Waals surface area (Å²) < 4.78 is 1.67. The van der Waals surface area contributed by atoms with Gasteiger partial charge in [0.15, 0.2) is 11.2 Å². The molecule has 17 heavy (non-hydrogen) atoms. The van der Waals surface area contributed by atoms with Crippen LogP contribution in [-0.4, -0.2) is 32.6 Å². The van der Waals surface area contributed by atoms with Crippen LogP contribution in [0.2, 0.25) is 0 Å². The molecule has 1 aliphatic rings. The Bertz CT molecular complexity index is 588. The van der Waals surface area contributed by atoms with Crippen molar-refractivity contribution in [1.82, 2.24) is 24.8 Å². The van der Waals surface area contributed by atoms with Gasteiger partial charge in [-0.25, -0.2) is 15.0 Å². The second-order valence-corrected chi connectivity index (χ2v) is 4.19. The summed E-state index contributed by atoms with van der Waals surface area (Å²) in [6.07, 6.45) is 6.73. The molecule has 0 aromatic carbocycles. The van der Waals surface area contributed by atoms with Crippen LogP contribution in [0.3, 0.4) is 0 Å². The van der Waals surface area contributed by atoms with E-state index in [1.807, 2.05) is 0 Å². The molecule has 0 aliphatic carbocycles. The predicted molar refractivity (Wildman–Crippen MR) is 62.7 cm³/mol. The quantitative estimate of drug-likeness (QED) is 0.754. The Balaban J connectivity index is 2.11. The lowest BCUT2D eigenvalue weighted by Crippen LogP contribution is -2.36. The molecule has 88 valence electrons. The Morgan fingerprint density at radius 3 is 3.00 bits per heavy atom. The van der Waals surface area contributed by atoms with Gasteiger partial charge in [0.1, 0.15) is 6.33 Å². The van der Waals surface area contributed by atoms with E-state index in [9.17, 15) is 4.79 Å². The van der Waals surface area contributed by atoms with Crippen LogP contribution < -0.4 is 10.9 Å². The highest BCUT2D eigenvalue weighted by Gasteiger charge is 2.17. The van der Waals surface area contributed by atoms with Gasteiger partial charge < -0.3 is 5.32 Å². The molecule has 0 radical (unpaired) electrons. The van der Waals surface area contributed by atoms with Crippen molar-refractivity contribution in [3.8, 4) is 0 Å².